The van der Waals surface area contributed by atoms with E-state index in [-0.39, 0.29) is 6.42 Å². The molecule has 2 aromatic rings. The minimum absolute atomic E-state index is 0.185. The average Bonchev–Trinajstić information content (AvgIpc) is 3.22. The number of aryl methyl sites for hydroxylation is 1. The molecule has 0 spiro atoms. The third-order valence-electron chi connectivity index (χ3n) is 6.12. The number of fused-ring (bicyclic) bond motifs is 1. The number of carbonyl (C=O) groups is 1. The number of hydrogen-bond donors (Lipinski definition) is 1. The van der Waals surface area contributed by atoms with Gasteiger partial charge in [-0.05, 0) is 103 Å². The van der Waals surface area contributed by atoms with Gasteiger partial charge < -0.3 is 9.84 Å². The van der Waals surface area contributed by atoms with Gasteiger partial charge in [-0.15, -0.1) is 0 Å². The van der Waals surface area contributed by atoms with E-state index in [9.17, 15) is 4.79 Å². The summed E-state index contributed by atoms with van der Waals surface area (Å²) in [5, 5.41) is 9.77. The normalized spacial score (nSPS) is 16.0. The molecule has 0 heterocycles. The molecule has 1 N–H and O–H groups in total. The Hall–Kier alpha value is -2.26. The van der Waals surface area contributed by atoms with Crippen molar-refractivity contribution >= 4 is 23.1 Å². The van der Waals surface area contributed by atoms with Crippen molar-refractivity contribution in [2.45, 2.75) is 57.8 Å². The second kappa shape index (κ2) is 9.04. The second-order valence-corrected chi connectivity index (χ2v) is 8.45. The molecule has 4 heteroatoms. The van der Waals surface area contributed by atoms with E-state index in [4.69, 9.17) is 21.4 Å². The van der Waals surface area contributed by atoms with Crippen LogP contribution >= 0.6 is 11.6 Å². The lowest BCUT2D eigenvalue weighted by atomic mass is 9.87. The van der Waals surface area contributed by atoms with E-state index in [1.54, 1.807) is 0 Å². The zero-order valence-corrected chi connectivity index (χ0v) is 17.4. The van der Waals surface area contributed by atoms with Gasteiger partial charge >= 0.3 is 5.97 Å². The van der Waals surface area contributed by atoms with Crippen molar-refractivity contribution in [1.29, 1.82) is 0 Å². The van der Waals surface area contributed by atoms with Crippen LogP contribution in [0, 0.1) is 0 Å². The number of allylic oxidation sites excluding steroid dienone is 1. The van der Waals surface area contributed by atoms with Crippen LogP contribution in [0.4, 0.5) is 0 Å². The zero-order valence-electron chi connectivity index (χ0n) is 16.7. The molecule has 0 aromatic heterocycles. The van der Waals surface area contributed by atoms with Gasteiger partial charge in [-0.25, -0.2) is 0 Å². The third-order valence-corrected chi connectivity index (χ3v) is 6.38. The number of hydrogen-bond acceptors (Lipinski definition) is 2. The fourth-order valence-electron chi connectivity index (χ4n) is 4.65. The van der Waals surface area contributed by atoms with Crippen LogP contribution in [-0.4, -0.2) is 17.7 Å². The van der Waals surface area contributed by atoms with Gasteiger partial charge in [-0.2, -0.15) is 0 Å². The Bertz CT molecular complexity index is 928. The largest absolute Gasteiger partial charge is 0.489 e. The molecule has 0 amide bonds. The summed E-state index contributed by atoms with van der Waals surface area (Å²) < 4.78 is 6.34. The molecular formula is C25H27ClO3. The third kappa shape index (κ3) is 4.67. The van der Waals surface area contributed by atoms with Gasteiger partial charge in [0.25, 0.3) is 0 Å². The standard InChI is InChI=1S/C25H27ClO3/c26-20-12-8-17(9-13-20)21-5-2-1-4-19(21)16-29-24-14-10-18(11-15-25(27)28)22-6-3-7-23(22)24/h8-10,12-14H,1-7,11,15-16H2,(H,27,28). The number of rotatable bonds is 7. The van der Waals surface area contributed by atoms with Crippen LogP contribution in [-0.2, 0) is 24.1 Å². The molecule has 152 valence electrons. The monoisotopic (exact) mass is 410 g/mol. The van der Waals surface area contributed by atoms with Gasteiger partial charge in [0.05, 0.1) is 0 Å². The van der Waals surface area contributed by atoms with Gasteiger partial charge in [0, 0.05) is 11.4 Å². The van der Waals surface area contributed by atoms with Crippen LogP contribution in [0.15, 0.2) is 42.0 Å². The lowest BCUT2D eigenvalue weighted by molar-refractivity contribution is -0.136. The first-order chi connectivity index (χ1) is 14.1. The second-order valence-electron chi connectivity index (χ2n) is 8.01. The summed E-state index contributed by atoms with van der Waals surface area (Å²) in [6.07, 6.45) is 8.55. The summed E-state index contributed by atoms with van der Waals surface area (Å²) in [5.41, 5.74) is 7.83. The molecule has 0 radical (unpaired) electrons. The molecule has 29 heavy (non-hydrogen) atoms. The number of carboxylic acid groups (broad SMARTS) is 1. The summed E-state index contributed by atoms with van der Waals surface area (Å²) in [6.45, 7) is 0.624. The van der Waals surface area contributed by atoms with E-state index in [0.29, 0.717) is 13.0 Å². The number of carboxylic acids is 1. The number of halogens is 1. The average molecular weight is 411 g/mol. The van der Waals surface area contributed by atoms with Crippen LogP contribution in [0.3, 0.4) is 0 Å². The number of ether oxygens (including phenoxy) is 1. The van der Waals surface area contributed by atoms with Crippen molar-refractivity contribution in [2.75, 3.05) is 6.61 Å². The Labute approximate surface area is 177 Å². The summed E-state index contributed by atoms with van der Waals surface area (Å²) in [7, 11) is 0. The van der Waals surface area contributed by atoms with Crippen molar-refractivity contribution in [1.82, 2.24) is 0 Å². The van der Waals surface area contributed by atoms with E-state index in [1.807, 2.05) is 18.2 Å². The Morgan fingerprint density at radius 3 is 2.48 bits per heavy atom. The fraction of sp³-hybridized carbons (Fsp3) is 0.400. The van der Waals surface area contributed by atoms with E-state index < -0.39 is 5.97 Å². The van der Waals surface area contributed by atoms with Gasteiger partial charge in [-0.3, -0.25) is 4.79 Å². The molecule has 0 aliphatic heterocycles. The fourth-order valence-corrected chi connectivity index (χ4v) is 4.78. The minimum atomic E-state index is -0.740. The SMILES string of the molecule is O=C(O)CCc1ccc(OCC2=C(c3ccc(Cl)cc3)CCCC2)c2c1CCC2. The highest BCUT2D eigenvalue weighted by Crippen LogP contribution is 2.36. The molecular weight excluding hydrogens is 384 g/mol. The van der Waals surface area contributed by atoms with Crippen molar-refractivity contribution in [3.63, 3.8) is 0 Å². The summed E-state index contributed by atoms with van der Waals surface area (Å²) >= 11 is 6.06. The van der Waals surface area contributed by atoms with Crippen LogP contribution in [0.2, 0.25) is 5.02 Å². The minimum Gasteiger partial charge on any atom is -0.489 e. The summed E-state index contributed by atoms with van der Waals surface area (Å²) in [6, 6.07) is 12.2. The maximum Gasteiger partial charge on any atom is 0.303 e. The molecule has 0 unspecified atom stereocenters. The molecule has 0 atom stereocenters. The number of benzene rings is 2. The van der Waals surface area contributed by atoms with Gasteiger partial charge in [0.15, 0.2) is 0 Å². The molecule has 4 rings (SSSR count). The Balaban J connectivity index is 1.54. The smallest absolute Gasteiger partial charge is 0.303 e. The highest BCUT2D eigenvalue weighted by molar-refractivity contribution is 6.30. The first kappa shape index (κ1) is 20.0. The van der Waals surface area contributed by atoms with E-state index in [1.165, 1.54) is 46.2 Å². The van der Waals surface area contributed by atoms with Gasteiger partial charge in [-0.1, -0.05) is 29.8 Å². The topological polar surface area (TPSA) is 46.5 Å². The van der Waals surface area contributed by atoms with E-state index >= 15 is 0 Å². The first-order valence-electron chi connectivity index (χ1n) is 10.6. The predicted molar refractivity (Wildman–Crippen MR) is 117 cm³/mol. The summed E-state index contributed by atoms with van der Waals surface area (Å²) in [4.78, 5) is 10.9. The molecule has 0 bridgehead atoms. The molecule has 2 aromatic carbocycles. The van der Waals surface area contributed by atoms with Gasteiger partial charge in [0.1, 0.15) is 12.4 Å². The zero-order chi connectivity index (χ0) is 20.2. The van der Waals surface area contributed by atoms with E-state index in [2.05, 4.69) is 18.2 Å². The van der Waals surface area contributed by atoms with Crippen LogP contribution < -0.4 is 4.74 Å². The Morgan fingerprint density at radius 1 is 0.931 bits per heavy atom. The maximum atomic E-state index is 10.9. The predicted octanol–water partition coefficient (Wildman–Crippen LogP) is 6.25. The first-order valence-corrected chi connectivity index (χ1v) is 10.9. The Morgan fingerprint density at radius 2 is 1.69 bits per heavy atom. The van der Waals surface area contributed by atoms with E-state index in [0.717, 1.165) is 42.9 Å². The van der Waals surface area contributed by atoms with Crippen molar-refractivity contribution in [3.05, 3.63) is 69.2 Å². The van der Waals surface area contributed by atoms with Crippen LogP contribution in [0.5, 0.6) is 5.75 Å². The van der Waals surface area contributed by atoms with Crippen molar-refractivity contribution < 1.29 is 14.6 Å². The Kier molecular flexibility index (Phi) is 6.25. The molecule has 0 fully saturated rings. The summed E-state index contributed by atoms with van der Waals surface area (Å²) in [5.74, 6) is 0.237. The lowest BCUT2D eigenvalue weighted by Crippen LogP contribution is -2.10. The quantitative estimate of drug-likeness (QED) is 0.586. The lowest BCUT2D eigenvalue weighted by Gasteiger charge is -2.22. The molecule has 0 saturated heterocycles. The maximum absolute atomic E-state index is 10.9. The number of aliphatic carboxylic acids is 1. The molecule has 2 aliphatic rings. The van der Waals surface area contributed by atoms with Gasteiger partial charge in [0.2, 0.25) is 0 Å². The van der Waals surface area contributed by atoms with Crippen LogP contribution in [0.1, 0.15) is 60.8 Å². The molecule has 0 saturated carbocycles. The molecule has 2 aliphatic carbocycles. The highest BCUT2D eigenvalue weighted by atomic mass is 35.5. The van der Waals surface area contributed by atoms with Crippen molar-refractivity contribution in [3.8, 4) is 5.75 Å². The molecule has 3 nitrogen and oxygen atoms in total. The van der Waals surface area contributed by atoms with Crippen LogP contribution in [0.25, 0.3) is 5.57 Å². The highest BCUT2D eigenvalue weighted by Gasteiger charge is 2.21. The van der Waals surface area contributed by atoms with Crippen molar-refractivity contribution in [2.24, 2.45) is 0 Å².